The first-order valence-electron chi connectivity index (χ1n) is 7.68. The van der Waals surface area contributed by atoms with Crippen molar-refractivity contribution in [1.29, 1.82) is 0 Å². The van der Waals surface area contributed by atoms with Crippen molar-refractivity contribution in [3.05, 3.63) is 57.6 Å². The number of nitrogens with zero attached hydrogens (tertiary/aromatic N) is 3. The van der Waals surface area contributed by atoms with Gasteiger partial charge in [0.1, 0.15) is 6.61 Å². The lowest BCUT2D eigenvalue weighted by molar-refractivity contribution is 0.281. The van der Waals surface area contributed by atoms with Crippen LogP contribution in [0.5, 0.6) is 11.5 Å². The minimum Gasteiger partial charge on any atom is -0.493 e. The predicted molar refractivity (Wildman–Crippen MR) is 97.7 cm³/mol. The summed E-state index contributed by atoms with van der Waals surface area (Å²) in [6.07, 6.45) is 0. The number of aryl methyl sites for hydroxylation is 1. The highest BCUT2D eigenvalue weighted by molar-refractivity contribution is 9.10. The second kappa shape index (κ2) is 7.98. The van der Waals surface area contributed by atoms with Crippen LogP contribution in [0.4, 0.5) is 5.95 Å². The van der Waals surface area contributed by atoms with Crippen LogP contribution in [0.25, 0.3) is 0 Å². The average molecular weight is 404 g/mol. The largest absolute Gasteiger partial charge is 0.493 e. The van der Waals surface area contributed by atoms with E-state index in [0.717, 1.165) is 15.6 Å². The van der Waals surface area contributed by atoms with Gasteiger partial charge in [-0.3, -0.25) is 0 Å². The molecular formula is C17H18BrN5O2. The molecule has 0 atom stereocenters. The molecule has 25 heavy (non-hydrogen) atoms. The normalized spacial score (nSPS) is 10.5. The smallest absolute Gasteiger partial charge is 0.263 e. The third-order valence-electron chi connectivity index (χ3n) is 3.66. The molecule has 0 spiro atoms. The van der Waals surface area contributed by atoms with Crippen molar-refractivity contribution < 1.29 is 9.47 Å². The Morgan fingerprint density at radius 3 is 2.64 bits per heavy atom. The molecule has 0 saturated heterocycles. The van der Waals surface area contributed by atoms with Gasteiger partial charge in [0.15, 0.2) is 11.5 Å². The van der Waals surface area contributed by atoms with Gasteiger partial charge in [0.2, 0.25) is 0 Å². The van der Waals surface area contributed by atoms with E-state index in [2.05, 4.69) is 73.1 Å². The van der Waals surface area contributed by atoms with Crippen molar-refractivity contribution in [3.8, 4) is 11.5 Å². The number of benzene rings is 2. The van der Waals surface area contributed by atoms with Crippen LogP contribution >= 0.6 is 15.9 Å². The van der Waals surface area contributed by atoms with Crippen LogP contribution in [0.2, 0.25) is 0 Å². The van der Waals surface area contributed by atoms with Crippen LogP contribution in [0, 0.1) is 6.92 Å². The summed E-state index contributed by atoms with van der Waals surface area (Å²) in [5.74, 6) is 1.76. The highest BCUT2D eigenvalue weighted by Crippen LogP contribution is 2.37. The molecule has 2 N–H and O–H groups in total. The van der Waals surface area contributed by atoms with Crippen LogP contribution in [0.1, 0.15) is 16.7 Å². The van der Waals surface area contributed by atoms with Gasteiger partial charge in [0.05, 0.1) is 7.11 Å². The fourth-order valence-electron chi connectivity index (χ4n) is 2.31. The number of anilines is 1. The maximum atomic E-state index is 6.08. The molecule has 3 aromatic rings. The van der Waals surface area contributed by atoms with Crippen molar-refractivity contribution in [3.63, 3.8) is 0 Å². The highest BCUT2D eigenvalue weighted by Gasteiger charge is 2.15. The van der Waals surface area contributed by atoms with Gasteiger partial charge in [-0.05, 0) is 29.8 Å². The summed E-state index contributed by atoms with van der Waals surface area (Å²) in [6.45, 7) is 2.96. The molecular weight excluding hydrogens is 386 g/mol. The number of aromatic nitrogens is 4. The first-order valence-corrected chi connectivity index (χ1v) is 8.47. The van der Waals surface area contributed by atoms with Gasteiger partial charge in [-0.1, -0.05) is 50.9 Å². The average Bonchev–Trinajstić information content (AvgIpc) is 3.14. The van der Waals surface area contributed by atoms with E-state index in [1.54, 1.807) is 7.11 Å². The summed E-state index contributed by atoms with van der Waals surface area (Å²) < 4.78 is 12.4. The Kier molecular flexibility index (Phi) is 5.49. The summed E-state index contributed by atoms with van der Waals surface area (Å²) in [4.78, 5) is 0. The Morgan fingerprint density at radius 1 is 1.16 bits per heavy atom. The van der Waals surface area contributed by atoms with E-state index in [1.807, 2.05) is 12.1 Å². The van der Waals surface area contributed by atoms with Crippen LogP contribution in [-0.4, -0.2) is 27.7 Å². The van der Waals surface area contributed by atoms with Gasteiger partial charge in [0, 0.05) is 16.6 Å². The van der Waals surface area contributed by atoms with Gasteiger partial charge in [-0.2, -0.15) is 5.21 Å². The molecule has 0 aliphatic heterocycles. The van der Waals surface area contributed by atoms with E-state index in [-0.39, 0.29) is 0 Å². The lowest BCUT2D eigenvalue weighted by atomic mass is 10.1. The quantitative estimate of drug-likeness (QED) is 0.628. The standard InChI is InChI=1S/C17H18BrN5O2/c1-11-3-5-12(6-4-11)10-25-16-13(9-19-17-20-22-23-21-17)14(18)7-8-15(16)24-2/h3-8H,9-10H2,1-2H3,(H2,19,20,21,22,23). The Hall–Kier alpha value is -2.61. The van der Waals surface area contributed by atoms with E-state index in [0.29, 0.717) is 30.6 Å². The molecule has 3 rings (SSSR count). The summed E-state index contributed by atoms with van der Waals surface area (Å²) in [7, 11) is 1.62. The Morgan fingerprint density at radius 2 is 1.96 bits per heavy atom. The van der Waals surface area contributed by atoms with E-state index in [9.17, 15) is 0 Å². The Bertz CT molecular complexity index is 822. The number of ether oxygens (including phenoxy) is 2. The Labute approximate surface area is 153 Å². The number of tetrazole rings is 1. The van der Waals surface area contributed by atoms with Crippen molar-refractivity contribution in [1.82, 2.24) is 20.6 Å². The highest BCUT2D eigenvalue weighted by atomic mass is 79.9. The van der Waals surface area contributed by atoms with Gasteiger partial charge in [0.25, 0.3) is 5.95 Å². The summed E-state index contributed by atoms with van der Waals surface area (Å²) in [5.41, 5.74) is 3.22. The first-order chi connectivity index (χ1) is 12.2. The third kappa shape index (κ3) is 4.27. The Balaban J connectivity index is 1.81. The van der Waals surface area contributed by atoms with Gasteiger partial charge in [-0.15, -0.1) is 5.10 Å². The van der Waals surface area contributed by atoms with E-state index >= 15 is 0 Å². The molecule has 0 amide bonds. The molecule has 0 saturated carbocycles. The van der Waals surface area contributed by atoms with Crippen molar-refractivity contribution >= 4 is 21.9 Å². The molecule has 1 heterocycles. The number of methoxy groups -OCH3 is 1. The van der Waals surface area contributed by atoms with Gasteiger partial charge < -0.3 is 14.8 Å². The number of H-pyrrole nitrogens is 1. The van der Waals surface area contributed by atoms with Crippen LogP contribution in [-0.2, 0) is 13.2 Å². The minimum absolute atomic E-state index is 0.416. The summed E-state index contributed by atoms with van der Waals surface area (Å²) in [6, 6.07) is 12.0. The van der Waals surface area contributed by atoms with Crippen LogP contribution in [0.15, 0.2) is 40.9 Å². The third-order valence-corrected chi connectivity index (χ3v) is 4.40. The number of hydrogen-bond donors (Lipinski definition) is 2. The lowest BCUT2D eigenvalue weighted by Crippen LogP contribution is -2.07. The predicted octanol–water partition coefficient (Wildman–Crippen LogP) is 3.47. The van der Waals surface area contributed by atoms with E-state index < -0.39 is 0 Å². The number of aromatic amines is 1. The van der Waals surface area contributed by atoms with Crippen molar-refractivity contribution in [2.24, 2.45) is 0 Å². The molecule has 0 aliphatic rings. The second-order valence-electron chi connectivity index (χ2n) is 5.42. The molecule has 0 radical (unpaired) electrons. The molecule has 0 unspecified atom stereocenters. The molecule has 8 heteroatoms. The summed E-state index contributed by atoms with van der Waals surface area (Å²) in [5, 5.41) is 16.8. The zero-order chi connectivity index (χ0) is 17.6. The van der Waals surface area contributed by atoms with Crippen molar-refractivity contribution in [2.75, 3.05) is 12.4 Å². The minimum atomic E-state index is 0.416. The fourth-order valence-corrected chi connectivity index (χ4v) is 2.76. The molecule has 0 aliphatic carbocycles. The van der Waals surface area contributed by atoms with E-state index in [1.165, 1.54) is 5.56 Å². The molecule has 0 fully saturated rings. The van der Waals surface area contributed by atoms with Gasteiger partial charge >= 0.3 is 0 Å². The van der Waals surface area contributed by atoms with Gasteiger partial charge in [-0.25, -0.2) is 0 Å². The lowest BCUT2D eigenvalue weighted by Gasteiger charge is -2.17. The molecule has 7 nitrogen and oxygen atoms in total. The maximum Gasteiger partial charge on any atom is 0.263 e. The van der Waals surface area contributed by atoms with Crippen molar-refractivity contribution in [2.45, 2.75) is 20.1 Å². The number of halogens is 1. The summed E-state index contributed by atoms with van der Waals surface area (Å²) >= 11 is 3.57. The van der Waals surface area contributed by atoms with Crippen LogP contribution in [0.3, 0.4) is 0 Å². The monoisotopic (exact) mass is 403 g/mol. The zero-order valence-corrected chi connectivity index (χ0v) is 15.5. The molecule has 2 aromatic carbocycles. The molecule has 0 bridgehead atoms. The fraction of sp³-hybridized carbons (Fsp3) is 0.235. The van der Waals surface area contributed by atoms with E-state index in [4.69, 9.17) is 9.47 Å². The van der Waals surface area contributed by atoms with Crippen LogP contribution < -0.4 is 14.8 Å². The number of nitrogens with one attached hydrogen (secondary N) is 2. The number of rotatable bonds is 7. The maximum absolute atomic E-state index is 6.08. The SMILES string of the molecule is COc1ccc(Br)c(CNc2nn[nH]n2)c1OCc1ccc(C)cc1. The zero-order valence-electron chi connectivity index (χ0n) is 13.9. The second-order valence-corrected chi connectivity index (χ2v) is 6.27. The molecule has 1 aromatic heterocycles. The first kappa shape index (κ1) is 17.2. The number of hydrogen-bond acceptors (Lipinski definition) is 6. The topological polar surface area (TPSA) is 85.0 Å². The molecule has 130 valence electrons.